The highest BCUT2D eigenvalue weighted by atomic mass is 32.1. The Labute approximate surface area is 193 Å². The van der Waals surface area contributed by atoms with E-state index in [-0.39, 0.29) is 39.9 Å². The third-order valence-corrected chi connectivity index (χ3v) is 5.85. The molecule has 166 valence electrons. The van der Waals surface area contributed by atoms with Crippen LogP contribution in [0.1, 0.15) is 47.7 Å². The highest BCUT2D eigenvalue weighted by Crippen LogP contribution is 2.32. The van der Waals surface area contributed by atoms with Crippen molar-refractivity contribution in [2.75, 3.05) is 18.5 Å². The molecule has 0 aliphatic carbocycles. The van der Waals surface area contributed by atoms with Crippen LogP contribution >= 0.6 is 11.3 Å². The molecule has 1 N–H and O–H groups in total. The maximum absolute atomic E-state index is 12.9. The average molecular weight is 461 g/mol. The topological polar surface area (TPSA) is 106 Å². The van der Waals surface area contributed by atoms with E-state index in [1.807, 2.05) is 30.3 Å². The zero-order chi connectivity index (χ0) is 23.5. The lowest BCUT2D eigenvalue weighted by Crippen LogP contribution is -2.29. The van der Waals surface area contributed by atoms with Gasteiger partial charge in [-0.1, -0.05) is 47.7 Å². The molecule has 3 amide bonds. The van der Waals surface area contributed by atoms with Gasteiger partial charge in [0.15, 0.2) is 5.13 Å². The maximum Gasteiger partial charge on any atom is 0.350 e. The Morgan fingerprint density at radius 3 is 2.55 bits per heavy atom. The van der Waals surface area contributed by atoms with E-state index in [1.165, 1.54) is 24.3 Å². The van der Waals surface area contributed by atoms with Gasteiger partial charge in [0.05, 0.1) is 23.4 Å². The van der Waals surface area contributed by atoms with Gasteiger partial charge in [-0.2, -0.15) is 0 Å². The summed E-state index contributed by atoms with van der Waals surface area (Å²) in [4.78, 5) is 56.0. The molecule has 33 heavy (non-hydrogen) atoms. The molecule has 0 saturated carbocycles. The molecule has 0 unspecified atom stereocenters. The minimum absolute atomic E-state index is 0.0892. The van der Waals surface area contributed by atoms with Crippen LogP contribution < -0.4 is 5.32 Å². The number of nitrogens with one attached hydrogen (secondary N) is 1. The summed E-state index contributed by atoms with van der Waals surface area (Å²) in [7, 11) is 0. The standard InChI is InChI=1S/C24H19N3O5S/c1-3-12-27-21(29)16-11-10-15(13-17(16)22(27)30)20(28)26-24-25-18(14-8-6-5-7-9-14)19(33-24)23(31)32-4-2/h3,5-11,13H,1,4,12H2,2H3,(H,25,26,28). The molecule has 9 heteroatoms. The molecule has 0 saturated heterocycles. The molecule has 0 spiro atoms. The molecule has 0 bridgehead atoms. The number of hydrogen-bond acceptors (Lipinski definition) is 7. The van der Waals surface area contributed by atoms with Gasteiger partial charge >= 0.3 is 5.97 Å². The molecule has 0 fully saturated rings. The van der Waals surface area contributed by atoms with Crippen LogP contribution in [-0.4, -0.2) is 46.7 Å². The lowest BCUT2D eigenvalue weighted by molar-refractivity contribution is 0.0531. The van der Waals surface area contributed by atoms with Gasteiger partial charge in [-0.15, -0.1) is 6.58 Å². The zero-order valence-corrected chi connectivity index (χ0v) is 18.5. The van der Waals surface area contributed by atoms with E-state index in [0.717, 1.165) is 16.2 Å². The number of anilines is 1. The number of fused-ring (bicyclic) bond motifs is 1. The van der Waals surface area contributed by atoms with E-state index in [1.54, 1.807) is 6.92 Å². The third kappa shape index (κ3) is 4.18. The van der Waals surface area contributed by atoms with Gasteiger partial charge in [-0.05, 0) is 25.1 Å². The number of esters is 1. The lowest BCUT2D eigenvalue weighted by Gasteiger charge is -2.09. The van der Waals surface area contributed by atoms with Crippen molar-refractivity contribution in [3.8, 4) is 11.3 Å². The second kappa shape index (κ2) is 9.17. The van der Waals surface area contributed by atoms with Crippen molar-refractivity contribution >= 4 is 40.2 Å². The molecule has 2 heterocycles. The van der Waals surface area contributed by atoms with Crippen LogP contribution in [-0.2, 0) is 4.74 Å². The number of imide groups is 1. The van der Waals surface area contributed by atoms with Crippen molar-refractivity contribution in [1.29, 1.82) is 0 Å². The average Bonchev–Trinajstić information content (AvgIpc) is 3.35. The van der Waals surface area contributed by atoms with Gasteiger partial charge in [0.1, 0.15) is 4.88 Å². The van der Waals surface area contributed by atoms with Crippen molar-refractivity contribution < 1.29 is 23.9 Å². The van der Waals surface area contributed by atoms with Crippen LogP contribution in [0.4, 0.5) is 5.13 Å². The van der Waals surface area contributed by atoms with Gasteiger partial charge in [0, 0.05) is 17.7 Å². The molecular formula is C24H19N3O5S. The summed E-state index contributed by atoms with van der Waals surface area (Å²) in [6.07, 6.45) is 1.46. The SMILES string of the molecule is C=CCN1C(=O)c2ccc(C(=O)Nc3nc(-c4ccccc4)c(C(=O)OCC)s3)cc2C1=O. The van der Waals surface area contributed by atoms with Crippen molar-refractivity contribution in [3.05, 3.63) is 82.8 Å². The second-order valence-corrected chi connectivity index (χ2v) is 8.01. The monoisotopic (exact) mass is 461 g/mol. The summed E-state index contributed by atoms with van der Waals surface area (Å²) in [6, 6.07) is 13.4. The minimum atomic E-state index is -0.529. The Hall–Kier alpha value is -4.11. The van der Waals surface area contributed by atoms with Crippen LogP contribution in [0.25, 0.3) is 11.3 Å². The van der Waals surface area contributed by atoms with Gasteiger partial charge < -0.3 is 4.74 Å². The number of thiazole rings is 1. The molecule has 8 nitrogen and oxygen atoms in total. The van der Waals surface area contributed by atoms with E-state index in [9.17, 15) is 19.2 Å². The Balaban J connectivity index is 1.62. The Kier molecular flexibility index (Phi) is 6.14. The first-order chi connectivity index (χ1) is 15.9. The van der Waals surface area contributed by atoms with Crippen LogP contribution in [0.15, 0.2) is 61.2 Å². The Morgan fingerprint density at radius 1 is 1.12 bits per heavy atom. The molecule has 4 rings (SSSR count). The van der Waals surface area contributed by atoms with E-state index in [4.69, 9.17) is 4.74 Å². The van der Waals surface area contributed by atoms with Gasteiger partial charge in [0.2, 0.25) is 0 Å². The van der Waals surface area contributed by atoms with E-state index >= 15 is 0 Å². The van der Waals surface area contributed by atoms with E-state index in [2.05, 4.69) is 16.9 Å². The largest absolute Gasteiger partial charge is 0.462 e. The van der Waals surface area contributed by atoms with Gasteiger partial charge in [-0.3, -0.25) is 24.6 Å². The predicted octanol–water partition coefficient (Wildman–Crippen LogP) is 4.02. The van der Waals surface area contributed by atoms with Crippen molar-refractivity contribution in [3.63, 3.8) is 0 Å². The van der Waals surface area contributed by atoms with Crippen molar-refractivity contribution in [2.24, 2.45) is 0 Å². The molecule has 2 aromatic carbocycles. The Morgan fingerprint density at radius 2 is 1.85 bits per heavy atom. The number of ether oxygens (including phenoxy) is 1. The molecular weight excluding hydrogens is 442 g/mol. The van der Waals surface area contributed by atoms with Crippen molar-refractivity contribution in [2.45, 2.75) is 6.92 Å². The lowest BCUT2D eigenvalue weighted by atomic mass is 10.1. The number of rotatable bonds is 7. The molecule has 0 atom stereocenters. The first kappa shape index (κ1) is 22.1. The minimum Gasteiger partial charge on any atom is -0.462 e. The number of amides is 3. The summed E-state index contributed by atoms with van der Waals surface area (Å²) >= 11 is 1.00. The van der Waals surface area contributed by atoms with Crippen molar-refractivity contribution in [1.82, 2.24) is 9.88 Å². The maximum atomic E-state index is 12.9. The molecule has 1 aliphatic heterocycles. The number of carbonyl (C=O) groups is 4. The first-order valence-corrected chi connectivity index (χ1v) is 10.9. The van der Waals surface area contributed by atoms with E-state index < -0.39 is 23.7 Å². The van der Waals surface area contributed by atoms with Crippen LogP contribution in [0.2, 0.25) is 0 Å². The second-order valence-electron chi connectivity index (χ2n) is 7.01. The summed E-state index contributed by atoms with van der Waals surface area (Å²) in [5.74, 6) is -1.95. The first-order valence-electron chi connectivity index (χ1n) is 10.1. The van der Waals surface area contributed by atoms with Gasteiger partial charge in [0.25, 0.3) is 17.7 Å². The third-order valence-electron chi connectivity index (χ3n) is 4.90. The summed E-state index contributed by atoms with van der Waals surface area (Å²) < 4.78 is 5.13. The predicted molar refractivity (Wildman–Crippen MR) is 123 cm³/mol. The zero-order valence-electron chi connectivity index (χ0n) is 17.7. The number of benzene rings is 2. The molecule has 1 aliphatic rings. The van der Waals surface area contributed by atoms with Gasteiger partial charge in [-0.25, -0.2) is 9.78 Å². The highest BCUT2D eigenvalue weighted by molar-refractivity contribution is 7.18. The molecule has 1 aromatic heterocycles. The fourth-order valence-corrected chi connectivity index (χ4v) is 4.27. The normalized spacial score (nSPS) is 12.5. The fraction of sp³-hybridized carbons (Fsp3) is 0.125. The van der Waals surface area contributed by atoms with Crippen LogP contribution in [0.3, 0.4) is 0 Å². The van der Waals surface area contributed by atoms with Crippen LogP contribution in [0.5, 0.6) is 0 Å². The smallest absolute Gasteiger partial charge is 0.350 e. The molecule has 3 aromatic rings. The number of hydrogen-bond donors (Lipinski definition) is 1. The number of nitrogens with zero attached hydrogens (tertiary/aromatic N) is 2. The number of aromatic nitrogens is 1. The molecule has 0 radical (unpaired) electrons. The fourth-order valence-electron chi connectivity index (χ4n) is 3.40. The van der Waals surface area contributed by atoms with E-state index in [0.29, 0.717) is 11.3 Å². The Bertz CT molecular complexity index is 1280. The summed E-state index contributed by atoms with van der Waals surface area (Å²) in [6.45, 7) is 5.56. The summed E-state index contributed by atoms with van der Waals surface area (Å²) in [5, 5.41) is 2.88. The quantitative estimate of drug-likeness (QED) is 0.324. The number of carbonyl (C=O) groups excluding carboxylic acids is 4. The van der Waals surface area contributed by atoms with Crippen LogP contribution in [0, 0.1) is 0 Å². The highest BCUT2D eigenvalue weighted by Gasteiger charge is 2.35. The summed E-state index contributed by atoms with van der Waals surface area (Å²) in [5.41, 5.74) is 1.70.